The normalized spacial score (nSPS) is 11.4. The molecule has 4 rings (SSSR count). The number of fused-ring (bicyclic) bond motifs is 2. The zero-order valence-corrected chi connectivity index (χ0v) is 13.9. The molecule has 0 saturated heterocycles. The minimum absolute atomic E-state index is 0.286. The Bertz CT molecular complexity index is 1060. The van der Waals surface area contributed by atoms with Crippen molar-refractivity contribution in [2.24, 2.45) is 0 Å². The number of aromatic nitrogens is 4. The van der Waals surface area contributed by atoms with Crippen molar-refractivity contribution in [2.45, 2.75) is 13.8 Å². The first-order chi connectivity index (χ1) is 11.0. The summed E-state index contributed by atoms with van der Waals surface area (Å²) in [6.07, 6.45) is 0. The fourth-order valence-electron chi connectivity index (χ4n) is 2.41. The van der Waals surface area contributed by atoms with Gasteiger partial charge in [0.05, 0.1) is 16.2 Å². The number of aryl methyl sites for hydroxylation is 2. The summed E-state index contributed by atoms with van der Waals surface area (Å²) in [7, 11) is 0. The molecule has 3 aromatic heterocycles. The van der Waals surface area contributed by atoms with E-state index in [2.05, 4.69) is 20.4 Å². The van der Waals surface area contributed by atoms with E-state index in [1.54, 1.807) is 28.0 Å². The maximum absolute atomic E-state index is 12.4. The van der Waals surface area contributed by atoms with E-state index in [9.17, 15) is 4.79 Å². The van der Waals surface area contributed by atoms with E-state index in [1.165, 1.54) is 0 Å². The van der Waals surface area contributed by atoms with Crippen LogP contribution in [0.3, 0.4) is 0 Å². The molecule has 0 aliphatic heterocycles. The summed E-state index contributed by atoms with van der Waals surface area (Å²) < 4.78 is 1.73. The van der Waals surface area contributed by atoms with Crippen LogP contribution >= 0.6 is 22.9 Å². The van der Waals surface area contributed by atoms with Crippen LogP contribution in [0.15, 0.2) is 24.3 Å². The SMILES string of the molecule is Cc1sc2nc(NC(=O)c3cc4cccc(Cl)c4[nH]3)nn2c1C. The number of carbonyl (C=O) groups is 1. The molecular formula is C15H12ClN5OS. The highest BCUT2D eigenvalue weighted by atomic mass is 35.5. The molecule has 0 aliphatic carbocycles. The first-order valence-corrected chi connectivity index (χ1v) is 8.14. The Morgan fingerprint density at radius 2 is 2.22 bits per heavy atom. The lowest BCUT2D eigenvalue weighted by Gasteiger charge is -1.97. The third kappa shape index (κ3) is 2.29. The van der Waals surface area contributed by atoms with Crippen LogP contribution in [-0.2, 0) is 0 Å². The zero-order chi connectivity index (χ0) is 16.1. The van der Waals surface area contributed by atoms with Gasteiger partial charge >= 0.3 is 0 Å². The van der Waals surface area contributed by atoms with E-state index >= 15 is 0 Å². The summed E-state index contributed by atoms with van der Waals surface area (Å²) in [4.78, 5) is 21.6. The number of para-hydroxylation sites is 1. The quantitative estimate of drug-likeness (QED) is 0.580. The second-order valence-electron chi connectivity index (χ2n) is 5.21. The minimum atomic E-state index is -0.301. The third-order valence-electron chi connectivity index (χ3n) is 3.72. The minimum Gasteiger partial charge on any atom is -0.349 e. The predicted molar refractivity (Wildman–Crippen MR) is 91.6 cm³/mol. The molecule has 1 amide bonds. The zero-order valence-electron chi connectivity index (χ0n) is 12.3. The molecule has 2 N–H and O–H groups in total. The van der Waals surface area contributed by atoms with Crippen LogP contribution in [0.25, 0.3) is 15.9 Å². The molecule has 116 valence electrons. The van der Waals surface area contributed by atoms with Gasteiger partial charge in [-0.1, -0.05) is 35.1 Å². The number of hydrogen-bond donors (Lipinski definition) is 2. The first kappa shape index (κ1) is 14.2. The average molecular weight is 346 g/mol. The molecule has 3 heterocycles. The number of benzene rings is 1. The highest BCUT2D eigenvalue weighted by Crippen LogP contribution is 2.24. The van der Waals surface area contributed by atoms with E-state index in [0.29, 0.717) is 10.7 Å². The van der Waals surface area contributed by atoms with Gasteiger partial charge in [0.1, 0.15) is 5.69 Å². The largest absolute Gasteiger partial charge is 0.349 e. The van der Waals surface area contributed by atoms with Gasteiger partial charge in [-0.2, -0.15) is 4.98 Å². The highest BCUT2D eigenvalue weighted by Gasteiger charge is 2.15. The van der Waals surface area contributed by atoms with Crippen molar-refractivity contribution in [3.05, 3.63) is 45.6 Å². The highest BCUT2D eigenvalue weighted by molar-refractivity contribution is 7.17. The molecule has 0 bridgehead atoms. The molecular weight excluding hydrogens is 334 g/mol. The second kappa shape index (κ2) is 5.07. The number of amides is 1. The van der Waals surface area contributed by atoms with Crippen LogP contribution in [0.4, 0.5) is 5.95 Å². The van der Waals surface area contributed by atoms with Crippen molar-refractivity contribution in [3.63, 3.8) is 0 Å². The monoisotopic (exact) mass is 345 g/mol. The third-order valence-corrected chi connectivity index (χ3v) is 5.09. The summed E-state index contributed by atoms with van der Waals surface area (Å²) >= 11 is 7.66. The maximum atomic E-state index is 12.4. The van der Waals surface area contributed by atoms with Crippen molar-refractivity contribution in [1.29, 1.82) is 0 Å². The molecule has 0 aliphatic rings. The van der Waals surface area contributed by atoms with Crippen LogP contribution in [0.5, 0.6) is 0 Å². The molecule has 0 spiro atoms. The molecule has 0 radical (unpaired) electrons. The van der Waals surface area contributed by atoms with Gasteiger partial charge < -0.3 is 4.98 Å². The fourth-order valence-corrected chi connectivity index (χ4v) is 3.54. The average Bonchev–Trinajstić information content (AvgIpc) is 3.17. The fraction of sp³-hybridized carbons (Fsp3) is 0.133. The number of anilines is 1. The molecule has 6 nitrogen and oxygen atoms in total. The van der Waals surface area contributed by atoms with Gasteiger partial charge in [-0.25, -0.2) is 4.52 Å². The number of thiazole rings is 1. The van der Waals surface area contributed by atoms with E-state index in [4.69, 9.17) is 11.6 Å². The topological polar surface area (TPSA) is 75.1 Å². The van der Waals surface area contributed by atoms with E-state index in [0.717, 1.165) is 26.4 Å². The van der Waals surface area contributed by atoms with Crippen LogP contribution < -0.4 is 5.32 Å². The second-order valence-corrected chi connectivity index (χ2v) is 6.80. The number of carbonyl (C=O) groups excluding carboxylic acids is 1. The van der Waals surface area contributed by atoms with Crippen molar-refractivity contribution >= 4 is 50.7 Å². The van der Waals surface area contributed by atoms with Crippen molar-refractivity contribution in [2.75, 3.05) is 5.32 Å². The molecule has 0 saturated carbocycles. The number of aromatic amines is 1. The Hall–Kier alpha value is -2.38. The van der Waals surface area contributed by atoms with Gasteiger partial charge in [0.25, 0.3) is 11.9 Å². The molecule has 0 atom stereocenters. The molecule has 1 aromatic carbocycles. The molecule has 0 fully saturated rings. The Morgan fingerprint density at radius 1 is 1.39 bits per heavy atom. The number of nitrogens with one attached hydrogen (secondary N) is 2. The number of hydrogen-bond acceptors (Lipinski definition) is 4. The molecule has 0 unspecified atom stereocenters. The number of rotatable bonds is 2. The lowest BCUT2D eigenvalue weighted by molar-refractivity contribution is 0.102. The van der Waals surface area contributed by atoms with Crippen molar-refractivity contribution < 1.29 is 4.79 Å². The van der Waals surface area contributed by atoms with Crippen molar-refractivity contribution in [1.82, 2.24) is 19.6 Å². The summed E-state index contributed by atoms with van der Waals surface area (Å²) in [6, 6.07) is 7.27. The number of halogens is 1. The van der Waals surface area contributed by atoms with E-state index < -0.39 is 0 Å². The van der Waals surface area contributed by atoms with E-state index in [-0.39, 0.29) is 11.9 Å². The predicted octanol–water partition coefficient (Wildman–Crippen LogP) is 3.79. The molecule has 4 aromatic rings. The van der Waals surface area contributed by atoms with Crippen LogP contribution in [-0.4, -0.2) is 25.5 Å². The van der Waals surface area contributed by atoms with Gasteiger partial charge in [-0.05, 0) is 26.0 Å². The van der Waals surface area contributed by atoms with Crippen LogP contribution in [0.1, 0.15) is 21.1 Å². The Balaban J connectivity index is 1.66. The van der Waals surface area contributed by atoms with Crippen molar-refractivity contribution in [3.8, 4) is 0 Å². The van der Waals surface area contributed by atoms with Gasteiger partial charge in [0.2, 0.25) is 4.96 Å². The van der Waals surface area contributed by atoms with Gasteiger partial charge in [0.15, 0.2) is 0 Å². The number of nitrogens with zero attached hydrogens (tertiary/aromatic N) is 3. The van der Waals surface area contributed by atoms with E-state index in [1.807, 2.05) is 26.0 Å². The van der Waals surface area contributed by atoms with Gasteiger partial charge in [-0.15, -0.1) is 5.10 Å². The summed E-state index contributed by atoms with van der Waals surface area (Å²) in [5.41, 5.74) is 2.18. The summed E-state index contributed by atoms with van der Waals surface area (Å²) in [5.74, 6) is -0.0148. The standard InChI is InChI=1S/C15H12ClN5OS/c1-7-8(2)23-15-19-14(20-21(7)15)18-13(22)11-6-9-4-3-5-10(16)12(9)17-11/h3-6,17H,1-2H3,(H,18,20,22). The lowest BCUT2D eigenvalue weighted by atomic mass is 10.2. The maximum Gasteiger partial charge on any atom is 0.274 e. The lowest BCUT2D eigenvalue weighted by Crippen LogP contribution is -2.13. The van der Waals surface area contributed by atoms with Gasteiger partial charge in [0, 0.05) is 10.3 Å². The molecule has 8 heteroatoms. The Kier molecular flexibility index (Phi) is 3.14. The summed E-state index contributed by atoms with van der Waals surface area (Å²) in [5, 5.41) is 8.48. The number of H-pyrrole nitrogens is 1. The smallest absolute Gasteiger partial charge is 0.274 e. The van der Waals surface area contributed by atoms with Crippen LogP contribution in [0.2, 0.25) is 5.02 Å². The Morgan fingerprint density at radius 3 is 2.96 bits per heavy atom. The Labute approximate surface area is 140 Å². The first-order valence-electron chi connectivity index (χ1n) is 6.94. The van der Waals surface area contributed by atoms with Gasteiger partial charge in [-0.3, -0.25) is 10.1 Å². The summed E-state index contributed by atoms with van der Waals surface area (Å²) in [6.45, 7) is 3.99. The molecule has 23 heavy (non-hydrogen) atoms. The van der Waals surface area contributed by atoms with Crippen LogP contribution in [0, 0.1) is 13.8 Å².